The number of alkyl carbamates (subject to hydrolysis) is 1. The number of fused-ring (bicyclic) bond motifs is 2. The minimum absolute atomic E-state index is 0.0193. The highest BCUT2D eigenvalue weighted by Gasteiger charge is 2.34. The number of para-hydroxylation sites is 1. The van der Waals surface area contributed by atoms with Gasteiger partial charge in [0.25, 0.3) is 5.91 Å². The Bertz CT molecular complexity index is 1250. The molecule has 2 aromatic carbocycles. The summed E-state index contributed by atoms with van der Waals surface area (Å²) in [5.74, 6) is -0.642. The highest BCUT2D eigenvalue weighted by atomic mass is 35.5. The molecule has 3 amide bonds. The molecule has 0 saturated heterocycles. The molecule has 1 aliphatic heterocycles. The number of hydrogen-bond acceptors (Lipinski definition) is 4. The summed E-state index contributed by atoms with van der Waals surface area (Å²) in [5.41, 5.74) is 2.38. The fourth-order valence-electron chi connectivity index (χ4n) is 3.94. The van der Waals surface area contributed by atoms with Crippen molar-refractivity contribution in [1.82, 2.24) is 15.6 Å². The van der Waals surface area contributed by atoms with Crippen molar-refractivity contribution in [1.29, 1.82) is 0 Å². The highest BCUT2D eigenvalue weighted by Crippen LogP contribution is 2.28. The second kappa shape index (κ2) is 9.38. The number of halogens is 1. The van der Waals surface area contributed by atoms with Crippen molar-refractivity contribution in [3.05, 3.63) is 64.8 Å². The smallest absolute Gasteiger partial charge is 0.407 e. The molecule has 9 heteroatoms. The van der Waals surface area contributed by atoms with E-state index >= 15 is 0 Å². The number of anilines is 1. The summed E-state index contributed by atoms with van der Waals surface area (Å²) in [5, 5.41) is 6.95. The number of hydrogen-bond donors (Lipinski definition) is 3. The maximum atomic E-state index is 13.3. The topological polar surface area (TPSA) is 104 Å². The van der Waals surface area contributed by atoms with Crippen LogP contribution in [0.1, 0.15) is 36.8 Å². The van der Waals surface area contributed by atoms with E-state index < -0.39 is 17.7 Å². The fourth-order valence-corrected chi connectivity index (χ4v) is 4.12. The summed E-state index contributed by atoms with van der Waals surface area (Å²) in [4.78, 5) is 42.8. The first kappa shape index (κ1) is 23.6. The molecule has 178 valence electrons. The van der Waals surface area contributed by atoms with Crippen LogP contribution in [-0.2, 0) is 16.0 Å². The normalized spacial score (nSPS) is 15.7. The van der Waals surface area contributed by atoms with E-state index in [2.05, 4.69) is 15.6 Å². The number of nitrogens with zero attached hydrogens (tertiary/aromatic N) is 1. The van der Waals surface area contributed by atoms with Crippen LogP contribution in [0.2, 0.25) is 5.02 Å². The Balaban J connectivity index is 1.47. The Kier molecular flexibility index (Phi) is 6.52. The highest BCUT2D eigenvalue weighted by molar-refractivity contribution is 6.31. The third kappa shape index (κ3) is 5.34. The van der Waals surface area contributed by atoms with Gasteiger partial charge in [0.1, 0.15) is 18.3 Å². The van der Waals surface area contributed by atoms with Crippen molar-refractivity contribution in [3.63, 3.8) is 0 Å². The first-order chi connectivity index (χ1) is 16.1. The second-order valence-corrected chi connectivity index (χ2v) is 9.71. The lowest BCUT2D eigenvalue weighted by molar-refractivity contribution is -0.120. The zero-order valence-electron chi connectivity index (χ0n) is 19.3. The van der Waals surface area contributed by atoms with Crippen LogP contribution in [0.3, 0.4) is 0 Å². The average molecular weight is 483 g/mol. The zero-order chi connectivity index (χ0) is 24.5. The van der Waals surface area contributed by atoms with Crippen LogP contribution in [0.5, 0.6) is 0 Å². The van der Waals surface area contributed by atoms with Crippen LogP contribution in [0.25, 0.3) is 10.9 Å². The summed E-state index contributed by atoms with van der Waals surface area (Å²) >= 11 is 6.04. The van der Waals surface area contributed by atoms with Gasteiger partial charge in [0.05, 0.1) is 6.54 Å². The van der Waals surface area contributed by atoms with Crippen LogP contribution < -0.4 is 15.5 Å². The van der Waals surface area contributed by atoms with E-state index in [9.17, 15) is 14.4 Å². The maximum Gasteiger partial charge on any atom is 0.407 e. The molecule has 4 rings (SSSR count). The molecule has 0 saturated carbocycles. The standard InChI is InChI=1S/C25H27ClN4O4/c1-25(2,3)29-24(33)34-11-10-30-21-7-5-4-6-15(21)13-20(23(30)32)28-22(31)19-14-16-12-17(26)8-9-18(16)27-19/h4-9,12,14,20,27H,10-11,13H2,1-3H3,(H,28,31)(H,29,33). The number of aromatic amines is 1. The molecule has 0 bridgehead atoms. The Morgan fingerprint density at radius 2 is 1.94 bits per heavy atom. The number of nitrogens with one attached hydrogen (secondary N) is 3. The van der Waals surface area contributed by atoms with Gasteiger partial charge in [-0.2, -0.15) is 0 Å². The summed E-state index contributed by atoms with van der Waals surface area (Å²) in [6.07, 6.45) is -0.177. The molecule has 3 aromatic rings. The molecule has 0 radical (unpaired) electrons. The van der Waals surface area contributed by atoms with Crippen molar-refractivity contribution < 1.29 is 19.1 Å². The number of carbonyl (C=O) groups is 3. The van der Waals surface area contributed by atoms with Crippen molar-refractivity contribution >= 4 is 46.1 Å². The molecule has 1 aromatic heterocycles. The van der Waals surface area contributed by atoms with Gasteiger partial charge in [-0.05, 0) is 56.7 Å². The van der Waals surface area contributed by atoms with Crippen molar-refractivity contribution in [2.24, 2.45) is 0 Å². The minimum atomic E-state index is -0.749. The van der Waals surface area contributed by atoms with E-state index in [1.807, 2.05) is 45.0 Å². The Hall–Kier alpha value is -3.52. The largest absolute Gasteiger partial charge is 0.448 e. The molecule has 34 heavy (non-hydrogen) atoms. The first-order valence-corrected chi connectivity index (χ1v) is 11.4. The van der Waals surface area contributed by atoms with Crippen molar-refractivity contribution in [2.45, 2.75) is 38.8 Å². The van der Waals surface area contributed by atoms with Gasteiger partial charge in [-0.15, -0.1) is 0 Å². The molecular formula is C25H27ClN4O4. The molecule has 0 aliphatic carbocycles. The summed E-state index contributed by atoms with van der Waals surface area (Å²) < 4.78 is 5.27. The van der Waals surface area contributed by atoms with Crippen molar-refractivity contribution in [2.75, 3.05) is 18.1 Å². The number of amides is 3. The number of ether oxygens (including phenoxy) is 1. The first-order valence-electron chi connectivity index (χ1n) is 11.0. The molecule has 2 heterocycles. The predicted octanol–water partition coefficient (Wildman–Crippen LogP) is 4.03. The van der Waals surface area contributed by atoms with Gasteiger partial charge in [0.2, 0.25) is 5.91 Å². The van der Waals surface area contributed by atoms with E-state index in [0.717, 1.165) is 22.2 Å². The van der Waals surface area contributed by atoms with Crippen LogP contribution in [-0.4, -0.2) is 47.6 Å². The molecule has 1 aliphatic rings. The lowest BCUT2D eigenvalue weighted by Crippen LogP contribution is -2.54. The third-order valence-electron chi connectivity index (χ3n) is 5.43. The van der Waals surface area contributed by atoms with E-state index in [0.29, 0.717) is 17.1 Å². The average Bonchev–Trinajstić information content (AvgIpc) is 3.18. The molecule has 8 nitrogen and oxygen atoms in total. The van der Waals surface area contributed by atoms with Gasteiger partial charge >= 0.3 is 6.09 Å². The fraction of sp³-hybridized carbons (Fsp3) is 0.320. The Labute approximate surface area is 202 Å². The van der Waals surface area contributed by atoms with Gasteiger partial charge in [-0.1, -0.05) is 29.8 Å². The predicted molar refractivity (Wildman–Crippen MR) is 131 cm³/mol. The molecular weight excluding hydrogens is 456 g/mol. The van der Waals surface area contributed by atoms with Crippen LogP contribution in [0, 0.1) is 0 Å². The van der Waals surface area contributed by atoms with Crippen LogP contribution in [0.4, 0.5) is 10.5 Å². The number of rotatable bonds is 5. The van der Waals surface area contributed by atoms with Gasteiger partial charge in [-0.25, -0.2) is 4.79 Å². The summed E-state index contributed by atoms with van der Waals surface area (Å²) in [7, 11) is 0. The number of H-pyrrole nitrogens is 1. The second-order valence-electron chi connectivity index (χ2n) is 9.27. The minimum Gasteiger partial charge on any atom is -0.448 e. The Morgan fingerprint density at radius 3 is 2.71 bits per heavy atom. The number of aromatic nitrogens is 1. The van der Waals surface area contributed by atoms with Crippen molar-refractivity contribution in [3.8, 4) is 0 Å². The molecule has 0 spiro atoms. The Morgan fingerprint density at radius 1 is 1.18 bits per heavy atom. The van der Waals surface area contributed by atoms with Gasteiger partial charge in [-0.3, -0.25) is 9.59 Å². The zero-order valence-corrected chi connectivity index (χ0v) is 20.0. The van der Waals surface area contributed by atoms with E-state index in [4.69, 9.17) is 16.3 Å². The lowest BCUT2D eigenvalue weighted by Gasteiger charge is -2.34. The van der Waals surface area contributed by atoms with E-state index in [-0.39, 0.29) is 25.0 Å². The molecule has 0 fully saturated rings. The lowest BCUT2D eigenvalue weighted by atomic mass is 9.97. The summed E-state index contributed by atoms with van der Waals surface area (Å²) in [6.45, 7) is 5.76. The maximum absolute atomic E-state index is 13.3. The molecule has 3 N–H and O–H groups in total. The van der Waals surface area contributed by atoms with E-state index in [1.165, 1.54) is 0 Å². The molecule has 1 unspecified atom stereocenters. The number of carbonyl (C=O) groups excluding carboxylic acids is 3. The van der Waals surface area contributed by atoms with Crippen LogP contribution in [0.15, 0.2) is 48.5 Å². The summed E-state index contributed by atoms with van der Waals surface area (Å²) in [6, 6.07) is 13.8. The number of benzene rings is 2. The van der Waals surface area contributed by atoms with Gasteiger partial charge in [0, 0.05) is 33.6 Å². The van der Waals surface area contributed by atoms with Gasteiger partial charge in [0.15, 0.2) is 0 Å². The molecule has 1 atom stereocenters. The SMILES string of the molecule is CC(C)(C)NC(=O)OCCN1C(=O)C(NC(=O)c2cc3cc(Cl)ccc3[nH]2)Cc2ccccc21. The van der Waals surface area contributed by atoms with Crippen LogP contribution >= 0.6 is 11.6 Å². The third-order valence-corrected chi connectivity index (χ3v) is 5.66. The monoisotopic (exact) mass is 482 g/mol. The van der Waals surface area contributed by atoms with E-state index in [1.54, 1.807) is 29.2 Å². The quantitative estimate of drug-likeness (QED) is 0.510. The van der Waals surface area contributed by atoms with Gasteiger partial charge < -0.3 is 25.3 Å².